The number of alkyl halides is 3. The van der Waals surface area contributed by atoms with Crippen molar-refractivity contribution in [2.24, 2.45) is 10.9 Å². The van der Waals surface area contributed by atoms with Crippen molar-refractivity contribution in [1.82, 2.24) is 15.5 Å². The van der Waals surface area contributed by atoms with Gasteiger partial charge in [-0.2, -0.15) is 13.2 Å². The van der Waals surface area contributed by atoms with Gasteiger partial charge in [-0.25, -0.2) is 0 Å². The lowest BCUT2D eigenvalue weighted by Crippen LogP contribution is -2.41. The van der Waals surface area contributed by atoms with Crippen LogP contribution in [0.2, 0.25) is 0 Å². The van der Waals surface area contributed by atoms with E-state index in [1.165, 1.54) is 16.0 Å². The molecule has 1 heterocycles. The molecule has 2 rings (SSSR count). The molecule has 1 aliphatic rings. The summed E-state index contributed by atoms with van der Waals surface area (Å²) in [6, 6.07) is 8.42. The van der Waals surface area contributed by atoms with Gasteiger partial charge in [0, 0.05) is 32.1 Å². The van der Waals surface area contributed by atoms with Crippen LogP contribution in [0.15, 0.2) is 29.3 Å². The fraction of sp³-hybridized carbons (Fsp3) is 0.650. The molecule has 7 heteroatoms. The number of aryl methyl sites for hydroxylation is 1. The molecule has 1 aromatic rings. The monoisotopic (exact) mass is 384 g/mol. The Morgan fingerprint density at radius 3 is 2.78 bits per heavy atom. The van der Waals surface area contributed by atoms with Crippen LogP contribution in [0.1, 0.15) is 37.3 Å². The van der Waals surface area contributed by atoms with Crippen molar-refractivity contribution in [2.75, 3.05) is 39.3 Å². The molecule has 0 radical (unpaired) electrons. The van der Waals surface area contributed by atoms with Gasteiger partial charge in [0.1, 0.15) is 0 Å². The molecular formula is C20H31F3N4. The highest BCUT2D eigenvalue weighted by Crippen LogP contribution is 2.22. The maximum atomic E-state index is 12.5. The number of likely N-dealkylation sites (tertiary alicyclic amines) is 1. The number of nitrogens with zero attached hydrogens (tertiary/aromatic N) is 2. The molecule has 1 aliphatic heterocycles. The van der Waals surface area contributed by atoms with Gasteiger partial charge in [-0.05, 0) is 38.3 Å². The van der Waals surface area contributed by atoms with Crippen LogP contribution in [0.4, 0.5) is 13.2 Å². The van der Waals surface area contributed by atoms with Crippen molar-refractivity contribution in [1.29, 1.82) is 0 Å². The zero-order chi connectivity index (χ0) is 19.9. The van der Waals surface area contributed by atoms with Crippen LogP contribution in [0.5, 0.6) is 0 Å². The third kappa shape index (κ3) is 7.79. The standard InChI is InChI=1S/C20H31F3N4/c1-4-24-19(25-11-16(3)18-7-5-6-15(2)10-18)26-12-17-8-9-27(13-17)14-20(21,22)23/h5-7,10,16-17H,4,8-9,11-14H2,1-3H3,(H2,24,25,26). The molecule has 2 atom stereocenters. The Balaban J connectivity index is 1.83. The number of hydrogen-bond acceptors (Lipinski definition) is 2. The maximum Gasteiger partial charge on any atom is 0.401 e. The molecule has 2 N–H and O–H groups in total. The van der Waals surface area contributed by atoms with Crippen molar-refractivity contribution in [3.63, 3.8) is 0 Å². The summed E-state index contributed by atoms with van der Waals surface area (Å²) in [4.78, 5) is 6.14. The highest BCUT2D eigenvalue weighted by Gasteiger charge is 2.34. The fourth-order valence-corrected chi connectivity index (χ4v) is 3.37. The lowest BCUT2D eigenvalue weighted by molar-refractivity contribution is -0.143. The highest BCUT2D eigenvalue weighted by atomic mass is 19.4. The van der Waals surface area contributed by atoms with Gasteiger partial charge in [0.15, 0.2) is 5.96 Å². The largest absolute Gasteiger partial charge is 0.401 e. The lowest BCUT2D eigenvalue weighted by Gasteiger charge is -2.19. The van der Waals surface area contributed by atoms with Gasteiger partial charge < -0.3 is 10.6 Å². The minimum absolute atomic E-state index is 0.213. The Morgan fingerprint density at radius 2 is 2.11 bits per heavy atom. The summed E-state index contributed by atoms with van der Waals surface area (Å²) in [5.74, 6) is 1.24. The fourth-order valence-electron chi connectivity index (χ4n) is 3.37. The second-order valence-electron chi connectivity index (χ2n) is 7.42. The lowest BCUT2D eigenvalue weighted by atomic mass is 10.00. The number of hydrogen-bond donors (Lipinski definition) is 2. The summed E-state index contributed by atoms with van der Waals surface area (Å²) in [6.45, 7) is 8.43. The maximum absolute atomic E-state index is 12.5. The first kappa shape index (κ1) is 21.5. The zero-order valence-corrected chi connectivity index (χ0v) is 16.4. The molecule has 1 aromatic carbocycles. The van der Waals surface area contributed by atoms with Crippen molar-refractivity contribution < 1.29 is 13.2 Å². The van der Waals surface area contributed by atoms with E-state index in [1.54, 1.807) is 0 Å². The molecule has 27 heavy (non-hydrogen) atoms. The highest BCUT2D eigenvalue weighted by molar-refractivity contribution is 5.79. The summed E-state index contributed by atoms with van der Waals surface area (Å²) in [5, 5.41) is 6.51. The van der Waals surface area contributed by atoms with E-state index >= 15 is 0 Å². The van der Waals surface area contributed by atoms with E-state index in [4.69, 9.17) is 0 Å². The minimum atomic E-state index is -4.12. The summed E-state index contributed by atoms with van der Waals surface area (Å²) in [7, 11) is 0. The third-order valence-electron chi connectivity index (χ3n) is 4.81. The van der Waals surface area contributed by atoms with Gasteiger partial charge in [0.2, 0.25) is 0 Å². The third-order valence-corrected chi connectivity index (χ3v) is 4.81. The van der Waals surface area contributed by atoms with Gasteiger partial charge in [0.25, 0.3) is 0 Å². The molecule has 0 amide bonds. The topological polar surface area (TPSA) is 39.7 Å². The van der Waals surface area contributed by atoms with E-state index < -0.39 is 12.7 Å². The van der Waals surface area contributed by atoms with Crippen molar-refractivity contribution in [3.8, 4) is 0 Å². The molecule has 1 saturated heterocycles. The zero-order valence-electron chi connectivity index (χ0n) is 16.4. The molecule has 4 nitrogen and oxygen atoms in total. The van der Waals surface area contributed by atoms with E-state index in [2.05, 4.69) is 53.7 Å². The van der Waals surface area contributed by atoms with Crippen LogP contribution < -0.4 is 10.6 Å². The average Bonchev–Trinajstić information content (AvgIpc) is 3.02. The van der Waals surface area contributed by atoms with E-state index in [1.807, 2.05) is 6.92 Å². The van der Waals surface area contributed by atoms with Crippen LogP contribution >= 0.6 is 0 Å². The minimum Gasteiger partial charge on any atom is -0.357 e. The smallest absolute Gasteiger partial charge is 0.357 e. The van der Waals surface area contributed by atoms with E-state index in [9.17, 15) is 13.2 Å². The average molecular weight is 384 g/mol. The molecule has 0 spiro atoms. The van der Waals surface area contributed by atoms with E-state index in [0.29, 0.717) is 32.1 Å². The summed E-state index contributed by atoms with van der Waals surface area (Å²) < 4.78 is 37.5. The molecule has 2 unspecified atom stereocenters. The molecule has 0 saturated carbocycles. The first-order valence-corrected chi connectivity index (χ1v) is 9.64. The van der Waals surface area contributed by atoms with Gasteiger partial charge in [-0.1, -0.05) is 36.8 Å². The first-order chi connectivity index (χ1) is 12.8. The molecule has 0 aliphatic carbocycles. The summed E-state index contributed by atoms with van der Waals surface area (Å²) in [6.07, 6.45) is -3.34. The summed E-state index contributed by atoms with van der Waals surface area (Å²) in [5.41, 5.74) is 2.49. The Labute approximate surface area is 160 Å². The second kappa shape index (κ2) is 9.97. The molecule has 152 valence electrons. The quantitative estimate of drug-likeness (QED) is 0.558. The number of aliphatic imine (C=N–C) groups is 1. The number of nitrogens with one attached hydrogen (secondary N) is 2. The molecular weight excluding hydrogens is 353 g/mol. The van der Waals surface area contributed by atoms with E-state index in [0.717, 1.165) is 18.9 Å². The van der Waals surface area contributed by atoms with Gasteiger partial charge in [-0.3, -0.25) is 9.89 Å². The van der Waals surface area contributed by atoms with E-state index in [-0.39, 0.29) is 5.92 Å². The van der Waals surface area contributed by atoms with Crippen molar-refractivity contribution in [2.45, 2.75) is 39.3 Å². The van der Waals surface area contributed by atoms with Gasteiger partial charge >= 0.3 is 6.18 Å². The van der Waals surface area contributed by atoms with Crippen LogP contribution in [0.3, 0.4) is 0 Å². The Kier molecular flexibility index (Phi) is 7.95. The van der Waals surface area contributed by atoms with Crippen LogP contribution in [0, 0.1) is 12.8 Å². The number of guanidine groups is 1. The summed E-state index contributed by atoms with van der Waals surface area (Å²) >= 11 is 0. The van der Waals surface area contributed by atoms with Crippen LogP contribution in [0.25, 0.3) is 0 Å². The Hall–Kier alpha value is -1.76. The molecule has 0 aromatic heterocycles. The first-order valence-electron chi connectivity index (χ1n) is 9.64. The number of benzene rings is 1. The van der Waals surface area contributed by atoms with Gasteiger partial charge in [0.05, 0.1) is 6.54 Å². The SMILES string of the molecule is CCNC(=NCC(C)c1cccc(C)c1)NCC1CCN(CC(F)(F)F)C1. The van der Waals surface area contributed by atoms with Crippen molar-refractivity contribution in [3.05, 3.63) is 35.4 Å². The second-order valence-corrected chi connectivity index (χ2v) is 7.42. The predicted molar refractivity (Wildman–Crippen MR) is 104 cm³/mol. The van der Waals surface area contributed by atoms with Crippen LogP contribution in [-0.4, -0.2) is 56.3 Å². The Bertz CT molecular complexity index is 615. The van der Waals surface area contributed by atoms with Crippen LogP contribution in [-0.2, 0) is 0 Å². The van der Waals surface area contributed by atoms with Crippen molar-refractivity contribution >= 4 is 5.96 Å². The van der Waals surface area contributed by atoms with Gasteiger partial charge in [-0.15, -0.1) is 0 Å². The normalized spacial score (nSPS) is 19.9. The molecule has 0 bridgehead atoms. The molecule has 1 fully saturated rings. The number of halogens is 3. The Morgan fingerprint density at radius 1 is 1.33 bits per heavy atom. The number of rotatable bonds is 7. The predicted octanol–water partition coefficient (Wildman–Crippen LogP) is 3.54.